The van der Waals surface area contributed by atoms with E-state index in [-0.39, 0.29) is 12.5 Å². The first kappa shape index (κ1) is 23.9. The number of hydrogen-bond donors (Lipinski definition) is 2. The Labute approximate surface area is 202 Å². The second-order valence-corrected chi connectivity index (χ2v) is 9.75. The number of rotatable bonds is 6. The Kier molecular flexibility index (Phi) is 7.60. The van der Waals surface area contributed by atoms with Crippen molar-refractivity contribution in [2.75, 3.05) is 13.1 Å². The fourth-order valence-electron chi connectivity index (χ4n) is 4.03. The fourth-order valence-corrected chi connectivity index (χ4v) is 4.03. The van der Waals surface area contributed by atoms with Crippen LogP contribution in [0.1, 0.15) is 75.4 Å². The third-order valence-electron chi connectivity index (χ3n) is 5.84. The minimum Gasteiger partial charge on any atom is -0.376 e. The Bertz CT molecular complexity index is 1160. The second-order valence-electron chi connectivity index (χ2n) is 9.75. The Hall–Kier alpha value is -3.22. The van der Waals surface area contributed by atoms with Crippen molar-refractivity contribution in [3.05, 3.63) is 59.3 Å². The fraction of sp³-hybridized carbons (Fsp3) is 0.481. The maximum Gasteiger partial charge on any atom is 0.242 e. The summed E-state index contributed by atoms with van der Waals surface area (Å²) in [5, 5.41) is 3.37. The molecule has 4 heterocycles. The van der Waals surface area contributed by atoms with Gasteiger partial charge in [-0.25, -0.2) is 9.97 Å². The maximum atomic E-state index is 12.9. The molecule has 1 aliphatic carbocycles. The average Bonchev–Trinajstić information content (AvgIpc) is 3.60. The third kappa shape index (κ3) is 5.82. The number of hydrogen-bond acceptors (Lipinski definition) is 5. The quantitative estimate of drug-likeness (QED) is 0.551. The third-order valence-corrected chi connectivity index (χ3v) is 5.84. The zero-order valence-corrected chi connectivity index (χ0v) is 20.8. The molecule has 1 aliphatic heterocycles. The summed E-state index contributed by atoms with van der Waals surface area (Å²) in [6.07, 6.45) is 11.8. The lowest BCUT2D eigenvalue weighted by Gasteiger charge is -2.28. The Morgan fingerprint density at radius 1 is 1.29 bits per heavy atom. The molecule has 0 bridgehead atoms. The molecule has 34 heavy (non-hydrogen) atoms. The van der Waals surface area contributed by atoms with Crippen molar-refractivity contribution < 1.29 is 4.79 Å². The van der Waals surface area contributed by atoms with Gasteiger partial charge in [0.05, 0.1) is 18.4 Å². The van der Waals surface area contributed by atoms with Crippen molar-refractivity contribution >= 4 is 22.8 Å². The Morgan fingerprint density at radius 3 is 2.82 bits per heavy atom. The molecule has 0 atom stereocenters. The van der Waals surface area contributed by atoms with Gasteiger partial charge in [0.15, 0.2) is 5.65 Å². The number of aromatic nitrogens is 4. The molecule has 7 heteroatoms. The lowest BCUT2D eigenvalue weighted by atomic mass is 10.1. The van der Waals surface area contributed by atoms with Crippen LogP contribution in [-0.4, -0.2) is 43.8 Å². The van der Waals surface area contributed by atoms with Crippen LogP contribution in [0.15, 0.2) is 36.8 Å². The van der Waals surface area contributed by atoms with Crippen LogP contribution in [0.2, 0.25) is 0 Å². The number of pyridine rings is 1. The standard InChI is InChI=1S/C23H26N6O.C4H10/c1-2-4-19(17-11-26-23-22(17)28-20(12-27-23)15-6-7-15)25-13-21(30)29-10-8-18-16(14-29)5-3-9-24-18;1-4(2)3/h3-5,9,11-12,15,25H,2,6-8,10,13-14H2,1H3,(H,26,27);4H,1-3H3/b19-4+;. The van der Waals surface area contributed by atoms with E-state index in [2.05, 4.69) is 60.1 Å². The van der Waals surface area contributed by atoms with Crippen molar-refractivity contribution in [3.63, 3.8) is 0 Å². The minimum atomic E-state index is 0.0936. The number of carbonyl (C=O) groups excluding carboxylic acids is 1. The van der Waals surface area contributed by atoms with E-state index in [1.165, 1.54) is 12.8 Å². The van der Waals surface area contributed by atoms with E-state index in [9.17, 15) is 4.79 Å². The molecule has 0 aromatic carbocycles. The molecule has 2 N–H and O–H groups in total. The first-order chi connectivity index (χ1) is 16.5. The lowest BCUT2D eigenvalue weighted by Crippen LogP contribution is -2.41. The highest BCUT2D eigenvalue weighted by Gasteiger charge is 2.26. The summed E-state index contributed by atoms with van der Waals surface area (Å²) in [4.78, 5) is 31.8. The van der Waals surface area contributed by atoms with Crippen molar-refractivity contribution in [1.82, 2.24) is 30.2 Å². The number of allylic oxidation sites excluding steroid dienone is 1. The van der Waals surface area contributed by atoms with Crippen LogP contribution in [0.3, 0.4) is 0 Å². The van der Waals surface area contributed by atoms with Gasteiger partial charge in [-0.05, 0) is 36.8 Å². The monoisotopic (exact) mass is 460 g/mol. The van der Waals surface area contributed by atoms with Gasteiger partial charge in [0.25, 0.3) is 0 Å². The van der Waals surface area contributed by atoms with Gasteiger partial charge in [0.1, 0.15) is 5.52 Å². The molecule has 1 fully saturated rings. The molecule has 3 aromatic rings. The van der Waals surface area contributed by atoms with E-state index in [4.69, 9.17) is 4.98 Å². The smallest absolute Gasteiger partial charge is 0.242 e. The van der Waals surface area contributed by atoms with Gasteiger partial charge in [-0.2, -0.15) is 0 Å². The molecule has 7 nitrogen and oxygen atoms in total. The van der Waals surface area contributed by atoms with E-state index in [1.807, 2.05) is 29.6 Å². The van der Waals surface area contributed by atoms with E-state index in [0.717, 1.165) is 58.1 Å². The minimum absolute atomic E-state index is 0.0936. The summed E-state index contributed by atoms with van der Waals surface area (Å²) in [7, 11) is 0. The lowest BCUT2D eigenvalue weighted by molar-refractivity contribution is -0.130. The molecule has 0 spiro atoms. The van der Waals surface area contributed by atoms with Crippen molar-refractivity contribution in [1.29, 1.82) is 0 Å². The number of amides is 1. The summed E-state index contributed by atoms with van der Waals surface area (Å²) in [6, 6.07) is 3.99. The summed E-state index contributed by atoms with van der Waals surface area (Å²) in [6.45, 7) is 10.2. The van der Waals surface area contributed by atoms with Gasteiger partial charge in [-0.15, -0.1) is 0 Å². The number of aromatic amines is 1. The van der Waals surface area contributed by atoms with Gasteiger partial charge in [-0.3, -0.25) is 9.78 Å². The van der Waals surface area contributed by atoms with E-state index in [1.54, 1.807) is 0 Å². The van der Waals surface area contributed by atoms with Gasteiger partial charge in [0.2, 0.25) is 5.91 Å². The molecule has 0 unspecified atom stereocenters. The zero-order valence-electron chi connectivity index (χ0n) is 20.8. The highest BCUT2D eigenvalue weighted by Crippen LogP contribution is 2.39. The molecule has 1 amide bonds. The normalized spacial score (nSPS) is 15.7. The highest BCUT2D eigenvalue weighted by molar-refractivity contribution is 5.88. The molecule has 180 valence electrons. The van der Waals surface area contributed by atoms with Crippen molar-refractivity contribution in [2.24, 2.45) is 5.92 Å². The predicted molar refractivity (Wildman–Crippen MR) is 136 cm³/mol. The summed E-state index contributed by atoms with van der Waals surface area (Å²) < 4.78 is 0. The summed E-state index contributed by atoms with van der Waals surface area (Å²) >= 11 is 0. The largest absolute Gasteiger partial charge is 0.376 e. The molecule has 0 radical (unpaired) electrons. The van der Waals surface area contributed by atoms with Gasteiger partial charge in [0, 0.05) is 54.8 Å². The van der Waals surface area contributed by atoms with Gasteiger partial charge in [-0.1, -0.05) is 39.8 Å². The SMILES string of the molecule is CC(C)C.CC/C=C(/NCC(=O)N1CCc2ncccc2C1)c1c[nH]c2ncc(C3CC3)nc12. The number of H-pyrrole nitrogens is 1. The average molecular weight is 461 g/mol. The number of carbonyl (C=O) groups is 1. The van der Waals surface area contributed by atoms with Crippen LogP contribution in [0.5, 0.6) is 0 Å². The molecule has 1 saturated carbocycles. The van der Waals surface area contributed by atoms with Gasteiger partial charge < -0.3 is 15.2 Å². The van der Waals surface area contributed by atoms with Gasteiger partial charge >= 0.3 is 0 Å². The maximum absolute atomic E-state index is 12.9. The first-order valence-corrected chi connectivity index (χ1v) is 12.4. The predicted octanol–water partition coefficient (Wildman–Crippen LogP) is 4.82. The van der Waals surface area contributed by atoms with Crippen LogP contribution < -0.4 is 5.32 Å². The Balaban J connectivity index is 0.000000636. The molecule has 2 aliphatic rings. The molecule has 5 rings (SSSR count). The Morgan fingerprint density at radius 2 is 2.09 bits per heavy atom. The first-order valence-electron chi connectivity index (χ1n) is 12.4. The van der Waals surface area contributed by atoms with E-state index in [0.29, 0.717) is 19.0 Å². The number of nitrogens with zero attached hydrogens (tertiary/aromatic N) is 4. The van der Waals surface area contributed by atoms with Crippen LogP contribution in [0.4, 0.5) is 0 Å². The topological polar surface area (TPSA) is 86.8 Å². The van der Waals surface area contributed by atoms with Crippen LogP contribution in [-0.2, 0) is 17.8 Å². The zero-order chi connectivity index (χ0) is 24.1. The number of fused-ring (bicyclic) bond motifs is 2. The molecular formula is C27H36N6O. The number of nitrogens with one attached hydrogen (secondary N) is 2. The van der Waals surface area contributed by atoms with Crippen molar-refractivity contribution in [3.8, 4) is 0 Å². The van der Waals surface area contributed by atoms with Crippen LogP contribution >= 0.6 is 0 Å². The molecular weight excluding hydrogens is 424 g/mol. The van der Waals surface area contributed by atoms with Crippen molar-refractivity contribution in [2.45, 2.75) is 65.8 Å². The highest BCUT2D eigenvalue weighted by atomic mass is 16.2. The van der Waals surface area contributed by atoms with Crippen LogP contribution in [0.25, 0.3) is 16.9 Å². The van der Waals surface area contributed by atoms with E-state index < -0.39 is 0 Å². The second kappa shape index (κ2) is 10.8. The summed E-state index contributed by atoms with van der Waals surface area (Å²) in [5.41, 5.74) is 6.87. The van der Waals surface area contributed by atoms with Crippen LogP contribution in [0, 0.1) is 5.92 Å². The molecule has 3 aromatic heterocycles. The summed E-state index contributed by atoms with van der Waals surface area (Å²) in [5.74, 6) is 1.48. The van der Waals surface area contributed by atoms with E-state index >= 15 is 0 Å². The molecule has 0 saturated heterocycles.